The maximum absolute atomic E-state index is 13.5. The van der Waals surface area contributed by atoms with Crippen LogP contribution in [0.1, 0.15) is 22.3 Å². The second kappa shape index (κ2) is 6.26. The lowest BCUT2D eigenvalue weighted by atomic mass is 10.1. The second-order valence-corrected chi connectivity index (χ2v) is 5.65. The molecule has 2 aromatic rings. The summed E-state index contributed by atoms with van der Waals surface area (Å²) in [4.78, 5) is 0. The van der Waals surface area contributed by atoms with Crippen LogP contribution < -0.4 is 10.5 Å². The predicted octanol–water partition coefficient (Wildman–Crippen LogP) is 4.07. The predicted molar refractivity (Wildman–Crippen MR) is 85.4 cm³/mol. The summed E-state index contributed by atoms with van der Waals surface area (Å²) in [5.74, 6) is 0.452. The first-order valence-electron chi connectivity index (χ1n) is 6.41. The van der Waals surface area contributed by atoms with Gasteiger partial charge in [-0.2, -0.15) is 0 Å². The molecule has 0 bridgehead atoms. The molecule has 0 aliphatic carbocycles. The van der Waals surface area contributed by atoms with Gasteiger partial charge in [0.05, 0.1) is 4.47 Å². The lowest BCUT2D eigenvalue weighted by molar-refractivity contribution is 0.300. The summed E-state index contributed by atoms with van der Waals surface area (Å²) in [5, 5.41) is 7.48. The third kappa shape index (κ3) is 3.42. The Morgan fingerprint density at radius 3 is 2.48 bits per heavy atom. The highest BCUT2D eigenvalue weighted by atomic mass is 79.9. The van der Waals surface area contributed by atoms with Crippen LogP contribution in [0.15, 0.2) is 34.8 Å². The number of nitrogens with two attached hydrogens (primary N) is 1. The maximum atomic E-state index is 13.5. The number of hydrogen-bond acceptors (Lipinski definition) is 2. The lowest BCUT2D eigenvalue weighted by Crippen LogP contribution is -2.12. The number of halogens is 2. The van der Waals surface area contributed by atoms with Crippen molar-refractivity contribution < 1.29 is 9.13 Å². The van der Waals surface area contributed by atoms with Gasteiger partial charge in [-0.25, -0.2) is 4.39 Å². The van der Waals surface area contributed by atoms with Crippen molar-refractivity contribution >= 4 is 21.8 Å². The highest BCUT2D eigenvalue weighted by Gasteiger charge is 2.10. The van der Waals surface area contributed by atoms with Crippen molar-refractivity contribution in [2.75, 3.05) is 0 Å². The summed E-state index contributed by atoms with van der Waals surface area (Å²) in [5.41, 5.74) is 8.70. The molecule has 0 aliphatic heterocycles. The molecule has 0 heterocycles. The van der Waals surface area contributed by atoms with E-state index in [2.05, 4.69) is 15.9 Å². The SMILES string of the molecule is Cc1cc(C(=N)N)cc(C)c1OCc1cccc(F)c1Br. The first-order valence-corrected chi connectivity index (χ1v) is 7.20. The molecule has 0 aromatic heterocycles. The van der Waals surface area contributed by atoms with Crippen molar-refractivity contribution in [2.45, 2.75) is 20.5 Å². The maximum Gasteiger partial charge on any atom is 0.137 e. The van der Waals surface area contributed by atoms with Gasteiger partial charge < -0.3 is 10.5 Å². The molecule has 2 aromatic carbocycles. The highest BCUT2D eigenvalue weighted by molar-refractivity contribution is 9.10. The van der Waals surface area contributed by atoms with Crippen LogP contribution in [0.2, 0.25) is 0 Å². The average Bonchev–Trinajstić information content (AvgIpc) is 2.42. The number of ether oxygens (including phenoxy) is 1. The molecule has 0 aliphatic rings. The molecular weight excluding hydrogens is 335 g/mol. The number of hydrogen-bond donors (Lipinski definition) is 2. The molecule has 0 saturated carbocycles. The van der Waals surface area contributed by atoms with Crippen LogP contribution in [0.4, 0.5) is 4.39 Å². The molecule has 5 heteroatoms. The van der Waals surface area contributed by atoms with Crippen molar-refractivity contribution in [3.8, 4) is 5.75 Å². The monoisotopic (exact) mass is 350 g/mol. The molecule has 0 radical (unpaired) electrons. The summed E-state index contributed by atoms with van der Waals surface area (Å²) in [6.45, 7) is 4.06. The molecule has 3 nitrogen and oxygen atoms in total. The molecule has 0 amide bonds. The van der Waals surface area contributed by atoms with Gasteiger partial charge in [-0.05, 0) is 59.1 Å². The Balaban J connectivity index is 2.24. The minimum Gasteiger partial charge on any atom is -0.488 e. The van der Waals surface area contributed by atoms with Crippen molar-refractivity contribution in [3.63, 3.8) is 0 Å². The molecule has 110 valence electrons. The Morgan fingerprint density at radius 2 is 1.90 bits per heavy atom. The standard InChI is InChI=1S/C16H16BrFN2O/c1-9-6-12(16(19)20)7-10(2)15(9)21-8-11-4-3-5-13(18)14(11)17/h3-7H,8H2,1-2H3,(H3,19,20). The summed E-state index contributed by atoms with van der Waals surface area (Å²) < 4.78 is 19.7. The van der Waals surface area contributed by atoms with Crippen LogP contribution >= 0.6 is 15.9 Å². The van der Waals surface area contributed by atoms with E-state index in [1.807, 2.05) is 32.0 Å². The summed E-state index contributed by atoms with van der Waals surface area (Å²) in [6, 6.07) is 8.47. The normalized spacial score (nSPS) is 10.5. The van der Waals surface area contributed by atoms with Gasteiger partial charge in [0.2, 0.25) is 0 Å². The zero-order valence-corrected chi connectivity index (χ0v) is 13.4. The largest absolute Gasteiger partial charge is 0.488 e. The average molecular weight is 351 g/mol. The van der Waals surface area contributed by atoms with Crippen LogP contribution in [-0.2, 0) is 6.61 Å². The molecule has 0 spiro atoms. The number of nitrogen functional groups attached to an aromatic ring is 1. The second-order valence-electron chi connectivity index (χ2n) is 4.85. The topological polar surface area (TPSA) is 59.1 Å². The molecule has 0 fully saturated rings. The highest BCUT2D eigenvalue weighted by Crippen LogP contribution is 2.27. The Hall–Kier alpha value is -1.88. The fourth-order valence-electron chi connectivity index (χ4n) is 2.14. The van der Waals surface area contributed by atoms with E-state index in [9.17, 15) is 4.39 Å². The van der Waals surface area contributed by atoms with Gasteiger partial charge in [-0.1, -0.05) is 12.1 Å². The Kier molecular flexibility index (Phi) is 4.63. The third-order valence-electron chi connectivity index (χ3n) is 3.17. The van der Waals surface area contributed by atoms with Gasteiger partial charge in [0.15, 0.2) is 0 Å². The number of amidine groups is 1. The Bertz CT molecular complexity index is 678. The molecule has 0 unspecified atom stereocenters. The van der Waals surface area contributed by atoms with Crippen molar-refractivity contribution in [2.24, 2.45) is 5.73 Å². The van der Waals surface area contributed by atoms with Gasteiger partial charge in [0.25, 0.3) is 0 Å². The van der Waals surface area contributed by atoms with Gasteiger partial charge >= 0.3 is 0 Å². The number of benzene rings is 2. The molecule has 2 rings (SSSR count). The van der Waals surface area contributed by atoms with Gasteiger partial charge in [0, 0.05) is 11.1 Å². The van der Waals surface area contributed by atoms with E-state index in [-0.39, 0.29) is 18.3 Å². The first kappa shape index (κ1) is 15.5. The van der Waals surface area contributed by atoms with E-state index in [1.165, 1.54) is 6.07 Å². The quantitative estimate of drug-likeness (QED) is 0.644. The summed E-state index contributed by atoms with van der Waals surface area (Å²) >= 11 is 3.22. The van der Waals surface area contributed by atoms with Crippen LogP contribution in [-0.4, -0.2) is 5.84 Å². The van der Waals surface area contributed by atoms with E-state index in [1.54, 1.807) is 6.07 Å². The number of nitrogens with one attached hydrogen (secondary N) is 1. The van der Waals surface area contributed by atoms with Crippen molar-refractivity contribution in [1.29, 1.82) is 5.41 Å². The Labute approximate surface area is 131 Å². The summed E-state index contributed by atoms with van der Waals surface area (Å²) in [6.07, 6.45) is 0. The number of aryl methyl sites for hydroxylation is 2. The molecular formula is C16H16BrFN2O. The van der Waals surface area contributed by atoms with Gasteiger partial charge in [-0.15, -0.1) is 0 Å². The van der Waals surface area contributed by atoms with Crippen LogP contribution in [0.5, 0.6) is 5.75 Å². The van der Waals surface area contributed by atoms with Crippen LogP contribution in [0.25, 0.3) is 0 Å². The van der Waals surface area contributed by atoms with E-state index < -0.39 is 0 Å². The van der Waals surface area contributed by atoms with E-state index in [4.69, 9.17) is 15.9 Å². The lowest BCUT2D eigenvalue weighted by Gasteiger charge is -2.14. The van der Waals surface area contributed by atoms with Gasteiger partial charge in [-0.3, -0.25) is 5.41 Å². The molecule has 21 heavy (non-hydrogen) atoms. The first-order chi connectivity index (χ1) is 9.90. The van der Waals surface area contributed by atoms with Crippen LogP contribution in [0.3, 0.4) is 0 Å². The fraction of sp³-hybridized carbons (Fsp3) is 0.188. The van der Waals surface area contributed by atoms with Crippen molar-refractivity contribution in [1.82, 2.24) is 0 Å². The van der Waals surface area contributed by atoms with E-state index >= 15 is 0 Å². The zero-order chi connectivity index (χ0) is 15.6. The Morgan fingerprint density at radius 1 is 1.29 bits per heavy atom. The number of rotatable bonds is 4. The smallest absolute Gasteiger partial charge is 0.137 e. The molecule has 0 atom stereocenters. The summed E-state index contributed by atoms with van der Waals surface area (Å²) in [7, 11) is 0. The zero-order valence-electron chi connectivity index (χ0n) is 11.8. The van der Waals surface area contributed by atoms with Crippen LogP contribution in [0, 0.1) is 25.1 Å². The minimum atomic E-state index is -0.309. The molecule has 0 saturated heterocycles. The molecule has 3 N–H and O–H groups in total. The van der Waals surface area contributed by atoms with Crippen molar-refractivity contribution in [3.05, 3.63) is 62.9 Å². The third-order valence-corrected chi connectivity index (χ3v) is 4.06. The minimum absolute atomic E-state index is 0.0284. The van der Waals surface area contributed by atoms with E-state index in [0.29, 0.717) is 10.0 Å². The fourth-order valence-corrected chi connectivity index (χ4v) is 2.52. The van der Waals surface area contributed by atoms with E-state index in [0.717, 1.165) is 22.4 Å². The van der Waals surface area contributed by atoms with Gasteiger partial charge in [0.1, 0.15) is 24.0 Å².